The Kier molecular flexibility index (Phi) is 3.90. The number of imide groups is 1. The molecule has 0 aromatic carbocycles. The minimum Gasteiger partial charge on any atom is -0.446 e. The Labute approximate surface area is 110 Å². The first kappa shape index (κ1) is 14.5. The average molecular weight is 307 g/mol. The van der Waals surface area contributed by atoms with Gasteiger partial charge in [-0.3, -0.25) is 0 Å². The van der Waals surface area contributed by atoms with Crippen molar-refractivity contribution in [3.8, 4) is 0 Å². The smallest absolute Gasteiger partial charge is 0.446 e. The van der Waals surface area contributed by atoms with E-state index in [0.29, 0.717) is 0 Å². The lowest BCUT2D eigenvalue weighted by atomic mass is 10.1. The number of carbonyl (C=O) groups excluding carboxylic acids is 2. The van der Waals surface area contributed by atoms with Crippen molar-refractivity contribution in [3.05, 3.63) is 0 Å². The van der Waals surface area contributed by atoms with E-state index in [4.69, 9.17) is 39.9 Å². The van der Waals surface area contributed by atoms with Crippen molar-refractivity contribution in [2.24, 2.45) is 5.92 Å². The molecule has 1 saturated heterocycles. The zero-order valence-corrected chi connectivity index (χ0v) is 10.4. The van der Waals surface area contributed by atoms with Gasteiger partial charge >= 0.3 is 18.0 Å². The molecule has 1 aliphatic rings. The van der Waals surface area contributed by atoms with Crippen LogP contribution < -0.4 is 0 Å². The van der Waals surface area contributed by atoms with E-state index >= 15 is 0 Å². The molecule has 0 spiro atoms. The summed E-state index contributed by atoms with van der Waals surface area (Å²) in [5.41, 5.74) is 0. The number of rotatable bonds is 2. The van der Waals surface area contributed by atoms with Crippen LogP contribution in [0.4, 0.5) is 4.79 Å². The first-order chi connectivity index (χ1) is 7.56. The molecule has 2 atom stereocenters. The van der Waals surface area contributed by atoms with Gasteiger partial charge in [-0.2, -0.15) is 14.8 Å². The molecule has 0 aromatic heterocycles. The highest BCUT2D eigenvalue weighted by molar-refractivity contribution is 6.67. The summed E-state index contributed by atoms with van der Waals surface area (Å²) in [6, 6.07) is 0. The maximum atomic E-state index is 11.6. The van der Waals surface area contributed by atoms with Crippen molar-refractivity contribution in [1.29, 1.82) is 0 Å². The van der Waals surface area contributed by atoms with Gasteiger partial charge in [-0.15, -0.1) is 0 Å². The lowest BCUT2D eigenvalue weighted by Gasteiger charge is -2.15. The fraction of sp³-hybridized carbons (Fsp3) is 0.571. The molecule has 1 aliphatic heterocycles. The van der Waals surface area contributed by atoms with Gasteiger partial charge in [0.05, 0.1) is 12.3 Å². The third-order valence-electron chi connectivity index (χ3n) is 2.10. The fourth-order valence-corrected chi connectivity index (χ4v) is 2.00. The maximum Gasteiger partial charge on any atom is 0.561 e. The van der Waals surface area contributed by atoms with Crippen LogP contribution in [0.1, 0.15) is 12.8 Å². The number of carbonyl (C=O) groups is 3. The maximum absolute atomic E-state index is 11.6. The van der Waals surface area contributed by atoms with Crippen molar-refractivity contribution < 1.29 is 34.3 Å². The van der Waals surface area contributed by atoms with Crippen LogP contribution in [-0.2, 0) is 14.4 Å². The molecule has 0 saturated carbocycles. The number of hydrogen-bond acceptors (Lipinski definition) is 5. The Morgan fingerprint density at radius 2 is 2.00 bits per heavy atom. The molecule has 1 heterocycles. The number of halogens is 3. The average Bonchev–Trinajstić information content (AvgIpc) is 2.27. The van der Waals surface area contributed by atoms with Gasteiger partial charge in [0.15, 0.2) is 3.79 Å². The minimum absolute atomic E-state index is 0.328. The van der Waals surface area contributed by atoms with Crippen LogP contribution in [0.15, 0.2) is 0 Å². The zero-order chi connectivity index (χ0) is 13.4. The summed E-state index contributed by atoms with van der Waals surface area (Å²) in [7, 11) is 0. The lowest BCUT2D eigenvalue weighted by molar-refractivity contribution is -1.12. The van der Waals surface area contributed by atoms with Crippen molar-refractivity contribution in [3.63, 3.8) is 0 Å². The predicted molar refractivity (Wildman–Crippen MR) is 54.2 cm³/mol. The van der Waals surface area contributed by atoms with Crippen molar-refractivity contribution >= 4 is 52.8 Å². The Hall–Kier alpha value is -0.600. The lowest BCUT2D eigenvalue weighted by Crippen LogP contribution is -2.51. The fourth-order valence-electron chi connectivity index (χ4n) is 1.44. The molecule has 0 aromatic rings. The third-order valence-corrected chi connectivity index (χ3v) is 2.56. The molecule has 10 heteroatoms. The second-order valence-electron chi connectivity index (χ2n) is 3.39. The highest BCUT2D eigenvalue weighted by atomic mass is 35.6. The van der Waals surface area contributed by atoms with Gasteiger partial charge in [-0.25, -0.2) is 9.59 Å². The van der Waals surface area contributed by atoms with Crippen LogP contribution in [0.25, 0.3) is 0 Å². The molecule has 96 valence electrons. The summed E-state index contributed by atoms with van der Waals surface area (Å²) in [6.45, 7) is 0. The summed E-state index contributed by atoms with van der Waals surface area (Å²) >= 11 is 16.3. The number of hydroxylamine groups is 4. The summed E-state index contributed by atoms with van der Waals surface area (Å²) < 4.78 is -1.79. The Bertz CT molecular complexity index is 380. The molecule has 0 aliphatic carbocycles. The number of alkyl halides is 3. The van der Waals surface area contributed by atoms with Crippen LogP contribution in [0.5, 0.6) is 0 Å². The number of carboxylic acid groups (broad SMARTS) is 1. The van der Waals surface area contributed by atoms with E-state index in [-0.39, 0.29) is 6.42 Å². The molecule has 17 heavy (non-hydrogen) atoms. The van der Waals surface area contributed by atoms with Crippen molar-refractivity contribution in [2.45, 2.75) is 16.6 Å². The van der Waals surface area contributed by atoms with E-state index in [1.807, 2.05) is 0 Å². The minimum atomic E-state index is -2.26. The van der Waals surface area contributed by atoms with E-state index in [2.05, 4.69) is 4.84 Å². The molecule has 2 N–H and O–H groups in total. The van der Waals surface area contributed by atoms with Crippen LogP contribution in [-0.4, -0.2) is 36.9 Å². The van der Waals surface area contributed by atoms with Crippen LogP contribution in [0.3, 0.4) is 0 Å². The summed E-state index contributed by atoms with van der Waals surface area (Å²) in [6.07, 6.45) is -2.76. The number of amides is 2. The second-order valence-corrected chi connectivity index (χ2v) is 5.90. The summed E-state index contributed by atoms with van der Waals surface area (Å²) in [5.74, 6) is -3.42. The predicted octanol–water partition coefficient (Wildman–Crippen LogP) is 1.64. The zero-order valence-electron chi connectivity index (χ0n) is 8.10. The number of nitrogens with zero attached hydrogens (tertiary/aromatic N) is 1. The molecular formula is C7H7Cl3NO6+. The molecule has 1 fully saturated rings. The first-order valence-corrected chi connectivity index (χ1v) is 5.38. The first-order valence-electron chi connectivity index (χ1n) is 4.25. The quantitative estimate of drug-likeness (QED) is 0.348. The van der Waals surface area contributed by atoms with Crippen LogP contribution >= 0.6 is 34.8 Å². The van der Waals surface area contributed by atoms with E-state index in [0.717, 1.165) is 0 Å². The van der Waals surface area contributed by atoms with Gasteiger partial charge in [0.2, 0.25) is 0 Å². The Morgan fingerprint density at radius 3 is 2.41 bits per heavy atom. The van der Waals surface area contributed by atoms with Crippen molar-refractivity contribution in [1.82, 2.24) is 0 Å². The van der Waals surface area contributed by atoms with E-state index < -0.39 is 38.9 Å². The van der Waals surface area contributed by atoms with Crippen molar-refractivity contribution in [2.75, 3.05) is 0 Å². The van der Waals surface area contributed by atoms with Gasteiger partial charge in [0.1, 0.15) is 4.81 Å². The molecule has 0 radical (unpaired) electrons. The van der Waals surface area contributed by atoms with Gasteiger partial charge in [0.25, 0.3) is 0 Å². The highest BCUT2D eigenvalue weighted by Crippen LogP contribution is 2.39. The van der Waals surface area contributed by atoms with Crippen LogP contribution in [0, 0.1) is 5.92 Å². The van der Waals surface area contributed by atoms with E-state index in [1.54, 1.807) is 0 Å². The summed E-state index contributed by atoms with van der Waals surface area (Å²) in [4.78, 5) is 34.8. The largest absolute Gasteiger partial charge is 0.561 e. The van der Waals surface area contributed by atoms with Crippen LogP contribution in [0.2, 0.25) is 0 Å². The normalized spacial score (nSPS) is 29.5. The third kappa shape index (κ3) is 3.20. The number of hydrogen-bond donors (Lipinski definition) is 2. The van der Waals surface area contributed by atoms with Gasteiger partial charge < -0.3 is 5.11 Å². The Morgan fingerprint density at radius 1 is 1.47 bits per heavy atom. The SMILES string of the molecule is O=C(O)O[N+]1(O)C(=O)CC(CC(Cl)(Cl)Cl)C1=O. The highest BCUT2D eigenvalue weighted by Gasteiger charge is 2.62. The molecule has 7 nitrogen and oxygen atoms in total. The molecule has 2 unspecified atom stereocenters. The Balaban J connectivity index is 2.89. The van der Waals surface area contributed by atoms with E-state index in [1.165, 1.54) is 0 Å². The van der Waals surface area contributed by atoms with E-state index in [9.17, 15) is 19.6 Å². The van der Waals surface area contributed by atoms with Gasteiger partial charge in [-0.05, 0) is 0 Å². The number of quaternary nitrogens is 1. The second kappa shape index (κ2) is 4.58. The topological polar surface area (TPSA) is 101 Å². The molecule has 0 bridgehead atoms. The molecule has 1 rings (SSSR count). The molecular weight excluding hydrogens is 300 g/mol. The monoisotopic (exact) mass is 306 g/mol. The summed E-state index contributed by atoms with van der Waals surface area (Å²) in [5, 5.41) is 17.8. The molecule has 2 amide bonds. The van der Waals surface area contributed by atoms with Gasteiger partial charge in [-0.1, -0.05) is 34.8 Å². The standard InChI is InChI=1S/C7H6Cl3NO6/c8-7(9,10)2-3-1-4(12)11(16,5(3)13)17-6(14)15/h3,16H,1-2H2/p+1. The van der Waals surface area contributed by atoms with Gasteiger partial charge in [0, 0.05) is 6.42 Å².